The topological polar surface area (TPSA) is 42.3 Å². The number of aryl methyl sites for hydroxylation is 2. The van der Waals surface area contributed by atoms with Gasteiger partial charge in [0.25, 0.3) is 0 Å². The van der Waals surface area contributed by atoms with Gasteiger partial charge >= 0.3 is 0 Å². The molecule has 0 atom stereocenters. The first kappa shape index (κ1) is 29.2. The first-order valence-corrected chi connectivity index (χ1v) is 17.9. The molecule has 0 amide bonds. The number of aromatic nitrogens is 1. The molecule has 0 aliphatic carbocycles. The van der Waals surface area contributed by atoms with E-state index in [2.05, 4.69) is 139 Å². The third-order valence-electron chi connectivity index (χ3n) is 9.68. The number of anilines is 3. The number of hydrogen-bond acceptors (Lipinski definition) is 3. The largest absolute Gasteiger partial charge is 0.310 e. The van der Waals surface area contributed by atoms with Crippen LogP contribution in [0, 0.1) is 13.8 Å². The second-order valence-corrected chi connectivity index (χ2v) is 14.6. The summed E-state index contributed by atoms with van der Waals surface area (Å²) in [5.74, 6) is 0. The van der Waals surface area contributed by atoms with Crippen molar-refractivity contribution in [3.8, 4) is 27.9 Å². The molecule has 1 aliphatic heterocycles. The van der Waals surface area contributed by atoms with Crippen molar-refractivity contribution < 1.29 is 8.42 Å². The second-order valence-electron chi connectivity index (χ2n) is 12.8. The fourth-order valence-electron chi connectivity index (χ4n) is 7.36. The van der Waals surface area contributed by atoms with Crippen LogP contribution in [0.5, 0.6) is 0 Å². The lowest BCUT2D eigenvalue weighted by molar-refractivity contribution is 0.598. The molecular weight excluding hydrogens is 621 g/mol. The molecule has 0 bridgehead atoms. The first-order chi connectivity index (χ1) is 23.9. The zero-order valence-electron chi connectivity index (χ0n) is 27.1. The molecule has 49 heavy (non-hydrogen) atoms. The maximum Gasteiger partial charge on any atom is 0.207 e. The Bertz CT molecular complexity index is 2630. The van der Waals surface area contributed by atoms with E-state index < -0.39 is 9.84 Å². The van der Waals surface area contributed by atoms with Gasteiger partial charge in [-0.05, 0) is 86.1 Å². The van der Waals surface area contributed by atoms with E-state index in [-0.39, 0.29) is 0 Å². The summed E-state index contributed by atoms with van der Waals surface area (Å²) in [4.78, 5) is 3.01. The van der Waals surface area contributed by atoms with Gasteiger partial charge in [-0.3, -0.25) is 0 Å². The minimum atomic E-state index is -3.67. The van der Waals surface area contributed by atoms with Crippen LogP contribution in [0.1, 0.15) is 11.1 Å². The first-order valence-electron chi connectivity index (χ1n) is 16.4. The number of benzene rings is 7. The summed E-state index contributed by atoms with van der Waals surface area (Å²) < 4.78 is 30.2. The Morgan fingerprint density at radius 1 is 0.490 bits per heavy atom. The average Bonchev–Trinajstić information content (AvgIpc) is 3.58. The summed E-state index contributed by atoms with van der Waals surface area (Å²) in [7, 11) is -3.67. The van der Waals surface area contributed by atoms with Gasteiger partial charge in [-0.15, -0.1) is 0 Å². The van der Waals surface area contributed by atoms with Gasteiger partial charge in [0.05, 0.1) is 26.5 Å². The molecule has 9 rings (SSSR count). The van der Waals surface area contributed by atoms with E-state index in [1.807, 2.05) is 24.3 Å². The lowest BCUT2D eigenvalue weighted by atomic mass is 9.91. The van der Waals surface area contributed by atoms with Crippen LogP contribution in [0.3, 0.4) is 0 Å². The van der Waals surface area contributed by atoms with E-state index in [1.165, 1.54) is 11.1 Å². The third-order valence-corrected chi connectivity index (χ3v) is 11.5. The number of para-hydroxylation sites is 2. The number of fused-ring (bicyclic) bond motifs is 6. The van der Waals surface area contributed by atoms with Gasteiger partial charge in [-0.2, -0.15) is 0 Å². The SMILES string of the molecule is Cc1ccc(N(c2ccc(C)cc2)c2cc3c(cc2-c2cccc4c2-c2ccccc2S4(=O)=O)c2ccccc2n3-c2ccccc2)cc1. The molecule has 0 radical (unpaired) electrons. The van der Waals surface area contributed by atoms with Crippen LogP contribution in [0.4, 0.5) is 17.1 Å². The van der Waals surface area contributed by atoms with Crippen LogP contribution >= 0.6 is 0 Å². The molecule has 1 aromatic heterocycles. The normalized spacial score (nSPS) is 13.0. The lowest BCUT2D eigenvalue weighted by Gasteiger charge is -2.29. The van der Waals surface area contributed by atoms with Gasteiger partial charge in [0.1, 0.15) is 0 Å². The predicted molar refractivity (Wildman–Crippen MR) is 201 cm³/mol. The van der Waals surface area contributed by atoms with Gasteiger partial charge in [-0.1, -0.05) is 102 Å². The zero-order chi connectivity index (χ0) is 33.3. The Morgan fingerprint density at radius 2 is 1.08 bits per heavy atom. The van der Waals surface area contributed by atoms with E-state index in [0.29, 0.717) is 9.79 Å². The molecule has 236 valence electrons. The van der Waals surface area contributed by atoms with E-state index in [0.717, 1.165) is 66.8 Å². The van der Waals surface area contributed by atoms with E-state index in [4.69, 9.17) is 0 Å². The van der Waals surface area contributed by atoms with Gasteiger partial charge in [0.2, 0.25) is 9.84 Å². The molecule has 7 aromatic carbocycles. The summed E-state index contributed by atoms with van der Waals surface area (Å²) in [6.07, 6.45) is 0. The van der Waals surface area contributed by atoms with Crippen molar-refractivity contribution in [1.29, 1.82) is 0 Å². The molecule has 0 saturated carbocycles. The molecule has 0 N–H and O–H groups in total. The summed E-state index contributed by atoms with van der Waals surface area (Å²) in [6.45, 7) is 4.20. The fraction of sp³-hybridized carbons (Fsp3) is 0.0455. The molecule has 4 nitrogen and oxygen atoms in total. The highest BCUT2D eigenvalue weighted by Crippen LogP contribution is 2.52. The molecule has 8 aromatic rings. The Kier molecular flexibility index (Phi) is 6.61. The summed E-state index contributed by atoms with van der Waals surface area (Å²) in [5, 5.41) is 2.23. The van der Waals surface area contributed by atoms with Crippen LogP contribution in [0.15, 0.2) is 168 Å². The third kappa shape index (κ3) is 4.54. The number of nitrogens with zero attached hydrogens (tertiary/aromatic N) is 2. The predicted octanol–water partition coefficient (Wildman–Crippen LogP) is 11.4. The number of sulfone groups is 1. The van der Waals surface area contributed by atoms with E-state index in [1.54, 1.807) is 18.2 Å². The molecule has 5 heteroatoms. The quantitative estimate of drug-likeness (QED) is 0.186. The summed E-state index contributed by atoms with van der Waals surface area (Å²) in [6, 6.07) is 53.8. The Morgan fingerprint density at radius 3 is 1.80 bits per heavy atom. The molecule has 0 saturated heterocycles. The van der Waals surface area contributed by atoms with E-state index >= 15 is 0 Å². The molecular formula is C44H32N2O2S. The number of hydrogen-bond donors (Lipinski definition) is 0. The van der Waals surface area contributed by atoms with Crippen molar-refractivity contribution in [2.45, 2.75) is 23.6 Å². The standard InChI is InChI=1S/C44H32N2O2S/c1-29-19-23-32(24-20-29)45(33-25-21-30(2)22-26-33)40-28-41-37(34-13-6-8-16-39(34)46(41)31-11-4-3-5-12-31)27-38(40)35-15-10-18-43-44(35)36-14-7-9-17-42(36)49(43,47)48/h3-28H,1-2H3. The number of rotatable bonds is 5. The van der Waals surface area contributed by atoms with Crippen molar-refractivity contribution in [3.63, 3.8) is 0 Å². The summed E-state index contributed by atoms with van der Waals surface area (Å²) in [5.41, 5.74) is 11.9. The average molecular weight is 653 g/mol. The van der Waals surface area contributed by atoms with Crippen molar-refractivity contribution >= 4 is 48.7 Å². The van der Waals surface area contributed by atoms with Crippen molar-refractivity contribution in [2.75, 3.05) is 4.90 Å². The maximum absolute atomic E-state index is 13.9. The van der Waals surface area contributed by atoms with Crippen LogP contribution in [-0.4, -0.2) is 13.0 Å². The zero-order valence-corrected chi connectivity index (χ0v) is 27.9. The van der Waals surface area contributed by atoms with Gasteiger partial charge in [0.15, 0.2) is 0 Å². The molecule has 0 unspecified atom stereocenters. The minimum absolute atomic E-state index is 0.348. The van der Waals surface area contributed by atoms with Gasteiger partial charge in [-0.25, -0.2) is 8.42 Å². The summed E-state index contributed by atoms with van der Waals surface area (Å²) >= 11 is 0. The van der Waals surface area contributed by atoms with Crippen molar-refractivity contribution in [1.82, 2.24) is 4.57 Å². The van der Waals surface area contributed by atoms with Crippen molar-refractivity contribution in [3.05, 3.63) is 169 Å². The molecule has 0 fully saturated rings. The Hall–Kier alpha value is -5.91. The maximum atomic E-state index is 13.9. The highest BCUT2D eigenvalue weighted by atomic mass is 32.2. The second kappa shape index (κ2) is 11.1. The molecule has 1 aliphatic rings. The van der Waals surface area contributed by atoms with Crippen LogP contribution in [0.25, 0.3) is 49.7 Å². The smallest absolute Gasteiger partial charge is 0.207 e. The van der Waals surface area contributed by atoms with Crippen LogP contribution in [-0.2, 0) is 9.84 Å². The Labute approximate surface area is 286 Å². The van der Waals surface area contributed by atoms with Gasteiger partial charge < -0.3 is 9.47 Å². The monoisotopic (exact) mass is 652 g/mol. The highest BCUT2D eigenvalue weighted by molar-refractivity contribution is 7.92. The Balaban J connectivity index is 1.45. The molecule has 2 heterocycles. The lowest BCUT2D eigenvalue weighted by Crippen LogP contribution is -2.12. The highest BCUT2D eigenvalue weighted by Gasteiger charge is 2.35. The van der Waals surface area contributed by atoms with Crippen molar-refractivity contribution in [2.24, 2.45) is 0 Å². The van der Waals surface area contributed by atoms with Gasteiger partial charge in [0, 0.05) is 44.5 Å². The molecule has 0 spiro atoms. The van der Waals surface area contributed by atoms with Crippen LogP contribution < -0.4 is 4.90 Å². The van der Waals surface area contributed by atoms with E-state index in [9.17, 15) is 8.42 Å². The fourth-order valence-corrected chi connectivity index (χ4v) is 9.06. The minimum Gasteiger partial charge on any atom is -0.310 e. The van der Waals surface area contributed by atoms with Crippen LogP contribution in [0.2, 0.25) is 0 Å².